The Labute approximate surface area is 176 Å². The Morgan fingerprint density at radius 1 is 1.17 bits per heavy atom. The van der Waals surface area contributed by atoms with E-state index in [1.54, 1.807) is 18.2 Å². The maximum absolute atomic E-state index is 12.3. The van der Waals surface area contributed by atoms with Gasteiger partial charge < -0.3 is 14.6 Å². The molecule has 0 fully saturated rings. The number of benzene rings is 2. The molecule has 0 saturated carbocycles. The SMILES string of the molecule is CCCn1ccc2cc(NC(=O)/C=C/c3ccc(OC)c(S(=O)(=O)NC)c3)ccc21. The van der Waals surface area contributed by atoms with E-state index in [0.29, 0.717) is 11.3 Å². The monoisotopic (exact) mass is 427 g/mol. The molecule has 158 valence electrons. The molecule has 1 aromatic heterocycles. The lowest BCUT2D eigenvalue weighted by molar-refractivity contribution is -0.111. The van der Waals surface area contributed by atoms with Crippen molar-refractivity contribution in [1.29, 1.82) is 0 Å². The summed E-state index contributed by atoms with van der Waals surface area (Å²) >= 11 is 0. The van der Waals surface area contributed by atoms with Crippen LogP contribution in [0.5, 0.6) is 5.75 Å². The van der Waals surface area contributed by atoms with Gasteiger partial charge in [0.2, 0.25) is 15.9 Å². The lowest BCUT2D eigenvalue weighted by Gasteiger charge is -2.09. The molecule has 1 heterocycles. The van der Waals surface area contributed by atoms with Crippen molar-refractivity contribution in [2.24, 2.45) is 0 Å². The number of nitrogens with one attached hydrogen (secondary N) is 2. The number of ether oxygens (including phenoxy) is 1. The summed E-state index contributed by atoms with van der Waals surface area (Å²) in [5, 5.41) is 3.89. The number of nitrogens with zero attached hydrogens (tertiary/aromatic N) is 1. The average molecular weight is 428 g/mol. The van der Waals surface area contributed by atoms with Gasteiger partial charge in [-0.25, -0.2) is 13.1 Å². The van der Waals surface area contributed by atoms with Crippen molar-refractivity contribution in [3.63, 3.8) is 0 Å². The van der Waals surface area contributed by atoms with Crippen LogP contribution in [0.4, 0.5) is 5.69 Å². The van der Waals surface area contributed by atoms with E-state index >= 15 is 0 Å². The molecule has 0 bridgehead atoms. The Morgan fingerprint density at radius 2 is 1.97 bits per heavy atom. The first kappa shape index (κ1) is 21.6. The van der Waals surface area contributed by atoms with Crippen molar-refractivity contribution in [2.75, 3.05) is 19.5 Å². The zero-order valence-corrected chi connectivity index (χ0v) is 18.0. The lowest BCUT2D eigenvalue weighted by atomic mass is 10.2. The number of methoxy groups -OCH3 is 1. The van der Waals surface area contributed by atoms with Crippen molar-refractivity contribution < 1.29 is 17.9 Å². The molecule has 0 saturated heterocycles. The number of carbonyl (C=O) groups is 1. The van der Waals surface area contributed by atoms with Crippen LogP contribution < -0.4 is 14.8 Å². The Hall–Kier alpha value is -3.10. The molecule has 30 heavy (non-hydrogen) atoms. The van der Waals surface area contributed by atoms with Crippen molar-refractivity contribution in [1.82, 2.24) is 9.29 Å². The van der Waals surface area contributed by atoms with Crippen LogP contribution in [-0.2, 0) is 21.4 Å². The molecular weight excluding hydrogens is 402 g/mol. The first-order chi connectivity index (χ1) is 14.4. The number of aryl methyl sites for hydroxylation is 1. The van der Waals surface area contributed by atoms with Crippen molar-refractivity contribution in [3.05, 3.63) is 60.3 Å². The first-order valence-corrected chi connectivity index (χ1v) is 11.1. The minimum atomic E-state index is -3.69. The number of anilines is 1. The van der Waals surface area contributed by atoms with E-state index in [-0.39, 0.29) is 16.6 Å². The van der Waals surface area contributed by atoms with Gasteiger partial charge >= 0.3 is 0 Å². The first-order valence-electron chi connectivity index (χ1n) is 9.57. The van der Waals surface area contributed by atoms with E-state index < -0.39 is 10.0 Å². The molecule has 8 heteroatoms. The molecular formula is C22H25N3O4S. The Morgan fingerprint density at radius 3 is 2.67 bits per heavy atom. The molecule has 1 amide bonds. The summed E-state index contributed by atoms with van der Waals surface area (Å²) < 4.78 is 33.9. The molecule has 0 spiro atoms. The van der Waals surface area contributed by atoms with Gasteiger partial charge in [-0.2, -0.15) is 0 Å². The highest BCUT2D eigenvalue weighted by Crippen LogP contribution is 2.25. The number of hydrogen-bond acceptors (Lipinski definition) is 4. The highest BCUT2D eigenvalue weighted by molar-refractivity contribution is 7.89. The summed E-state index contributed by atoms with van der Waals surface area (Å²) in [6, 6.07) is 12.5. The number of amides is 1. The number of hydrogen-bond donors (Lipinski definition) is 2. The predicted molar refractivity (Wildman–Crippen MR) is 119 cm³/mol. The van der Waals surface area contributed by atoms with Crippen LogP contribution in [0.2, 0.25) is 0 Å². The molecule has 0 aliphatic carbocycles. The lowest BCUT2D eigenvalue weighted by Crippen LogP contribution is -2.19. The van der Waals surface area contributed by atoms with Gasteiger partial charge in [-0.3, -0.25) is 4.79 Å². The topological polar surface area (TPSA) is 89.4 Å². The molecule has 7 nitrogen and oxygen atoms in total. The Balaban J connectivity index is 1.76. The van der Waals surface area contributed by atoms with Crippen LogP contribution in [0.1, 0.15) is 18.9 Å². The zero-order valence-electron chi connectivity index (χ0n) is 17.2. The fourth-order valence-corrected chi connectivity index (χ4v) is 4.11. The van der Waals surface area contributed by atoms with Crippen LogP contribution in [0, 0.1) is 0 Å². The molecule has 0 radical (unpaired) electrons. The molecule has 0 aliphatic heterocycles. The second kappa shape index (κ2) is 9.15. The highest BCUT2D eigenvalue weighted by atomic mass is 32.2. The number of carbonyl (C=O) groups excluding carboxylic acids is 1. The largest absolute Gasteiger partial charge is 0.495 e. The number of fused-ring (bicyclic) bond motifs is 1. The van der Waals surface area contributed by atoms with E-state index in [0.717, 1.165) is 23.9 Å². The standard InChI is InChI=1S/C22H25N3O4S/c1-4-12-25-13-11-17-15-18(7-8-19(17)25)24-22(26)10-6-16-5-9-20(29-3)21(14-16)30(27,28)23-2/h5-11,13-15,23H,4,12H2,1-3H3,(H,24,26)/b10-6+. The minimum Gasteiger partial charge on any atom is -0.495 e. The van der Waals surface area contributed by atoms with Crippen LogP contribution in [0.25, 0.3) is 17.0 Å². The number of sulfonamides is 1. The second-order valence-corrected chi connectivity index (χ2v) is 8.58. The summed E-state index contributed by atoms with van der Waals surface area (Å²) in [5.74, 6) is -0.0783. The average Bonchev–Trinajstić information content (AvgIpc) is 3.14. The summed E-state index contributed by atoms with van der Waals surface area (Å²) in [5.41, 5.74) is 2.38. The van der Waals surface area contributed by atoms with Gasteiger partial charge in [0.25, 0.3) is 0 Å². The van der Waals surface area contributed by atoms with Crippen molar-refractivity contribution in [3.8, 4) is 5.75 Å². The molecule has 3 aromatic rings. The van der Waals surface area contributed by atoms with E-state index in [2.05, 4.69) is 21.5 Å². The smallest absolute Gasteiger partial charge is 0.248 e. The minimum absolute atomic E-state index is 0.0112. The van der Waals surface area contributed by atoms with E-state index in [9.17, 15) is 13.2 Å². The third-order valence-corrected chi connectivity index (χ3v) is 6.11. The molecule has 0 atom stereocenters. The van der Waals surface area contributed by atoms with Gasteiger partial charge in [0.05, 0.1) is 7.11 Å². The highest BCUT2D eigenvalue weighted by Gasteiger charge is 2.17. The molecule has 2 aromatic carbocycles. The van der Waals surface area contributed by atoms with Crippen molar-refractivity contribution in [2.45, 2.75) is 24.8 Å². The number of aromatic nitrogens is 1. The van der Waals surface area contributed by atoms with Crippen LogP contribution in [-0.4, -0.2) is 33.0 Å². The second-order valence-electron chi connectivity index (χ2n) is 6.72. The fraction of sp³-hybridized carbons (Fsp3) is 0.227. The summed E-state index contributed by atoms with van der Waals surface area (Å²) in [7, 11) is -0.951. The third-order valence-electron chi connectivity index (χ3n) is 4.68. The zero-order chi connectivity index (χ0) is 21.7. The third kappa shape index (κ3) is 4.72. The predicted octanol–water partition coefficient (Wildman–Crippen LogP) is 3.62. The summed E-state index contributed by atoms with van der Waals surface area (Å²) in [6.07, 6.45) is 6.01. The Kier molecular flexibility index (Phi) is 6.59. The van der Waals surface area contributed by atoms with E-state index in [1.807, 2.05) is 30.5 Å². The van der Waals surface area contributed by atoms with E-state index in [1.165, 1.54) is 26.3 Å². The quantitative estimate of drug-likeness (QED) is 0.538. The van der Waals surface area contributed by atoms with Crippen LogP contribution in [0.15, 0.2) is 59.6 Å². The molecule has 0 aliphatic rings. The maximum Gasteiger partial charge on any atom is 0.248 e. The summed E-state index contributed by atoms with van der Waals surface area (Å²) in [4.78, 5) is 12.3. The van der Waals surface area contributed by atoms with Gasteiger partial charge in [0, 0.05) is 35.4 Å². The molecule has 0 unspecified atom stereocenters. The molecule has 3 rings (SSSR count). The number of rotatable bonds is 8. The van der Waals surface area contributed by atoms with Gasteiger partial charge in [0.15, 0.2) is 0 Å². The van der Waals surface area contributed by atoms with Gasteiger partial charge in [-0.05, 0) is 61.5 Å². The Bertz CT molecular complexity index is 1200. The van der Waals surface area contributed by atoms with Gasteiger partial charge in [-0.1, -0.05) is 13.0 Å². The summed E-state index contributed by atoms with van der Waals surface area (Å²) in [6.45, 7) is 3.08. The van der Waals surface area contributed by atoms with Crippen LogP contribution >= 0.6 is 0 Å². The van der Waals surface area contributed by atoms with Gasteiger partial charge in [0.1, 0.15) is 10.6 Å². The fourth-order valence-electron chi connectivity index (χ4n) is 3.19. The molecule has 2 N–H and O–H groups in total. The normalized spacial score (nSPS) is 11.8. The maximum atomic E-state index is 12.3. The van der Waals surface area contributed by atoms with Crippen molar-refractivity contribution >= 4 is 38.6 Å². The van der Waals surface area contributed by atoms with Crippen LogP contribution in [0.3, 0.4) is 0 Å². The van der Waals surface area contributed by atoms with Gasteiger partial charge in [-0.15, -0.1) is 0 Å². The van der Waals surface area contributed by atoms with E-state index in [4.69, 9.17) is 4.74 Å².